The van der Waals surface area contributed by atoms with Crippen molar-refractivity contribution in [1.82, 2.24) is 0 Å². The maximum Gasteiger partial charge on any atom is 0.268 e. The molecule has 0 aromatic rings. The van der Waals surface area contributed by atoms with Gasteiger partial charge < -0.3 is 0 Å². The second-order valence-electron chi connectivity index (χ2n) is 4.44. The van der Waals surface area contributed by atoms with Crippen LogP contribution in [0.1, 0.15) is 19.3 Å². The monoisotopic (exact) mass is 280 g/mol. The van der Waals surface area contributed by atoms with Crippen molar-refractivity contribution >= 4 is 19.7 Å². The molecule has 0 amide bonds. The van der Waals surface area contributed by atoms with Crippen molar-refractivity contribution in [3.05, 3.63) is 36.0 Å². The molecule has 0 heterocycles. The smallest absolute Gasteiger partial charge is 0.212 e. The minimum atomic E-state index is -4.08. The van der Waals surface area contributed by atoms with Crippen LogP contribution < -0.4 is 0 Å². The number of halogens is 3. The van der Waals surface area contributed by atoms with E-state index in [1.54, 1.807) is 18.2 Å². The Morgan fingerprint density at radius 2 is 2.06 bits per heavy atom. The molecule has 0 aliphatic heterocycles. The van der Waals surface area contributed by atoms with Gasteiger partial charge in [0.1, 0.15) is 4.75 Å². The topological polar surface area (TPSA) is 34.1 Å². The van der Waals surface area contributed by atoms with Crippen LogP contribution >= 0.6 is 10.7 Å². The molecule has 2 aliphatic carbocycles. The Hall–Kier alpha value is -0.680. The van der Waals surface area contributed by atoms with E-state index < -0.39 is 26.1 Å². The third-order valence-electron chi connectivity index (χ3n) is 3.08. The van der Waals surface area contributed by atoms with E-state index in [4.69, 9.17) is 10.7 Å². The van der Waals surface area contributed by atoms with Crippen LogP contribution in [0.5, 0.6) is 0 Å². The van der Waals surface area contributed by atoms with Crippen LogP contribution in [0.2, 0.25) is 0 Å². The standard InChI is InChI=1S/C11H11ClF2O2S/c12-17(15,16)10-5-2-1-3-9(7-10)4-6-11(13,14)8-10/h1-4,6H,5,7-8H2. The number of alkyl halides is 2. The molecule has 17 heavy (non-hydrogen) atoms. The summed E-state index contributed by atoms with van der Waals surface area (Å²) in [5, 5.41) is 0. The molecule has 0 radical (unpaired) electrons. The molecule has 2 rings (SSSR count). The highest BCUT2D eigenvalue weighted by molar-refractivity contribution is 8.14. The summed E-state index contributed by atoms with van der Waals surface area (Å²) < 4.78 is 48.8. The third kappa shape index (κ3) is 2.45. The molecule has 1 atom stereocenters. The molecule has 1 unspecified atom stereocenters. The zero-order chi connectivity index (χ0) is 12.7. The highest BCUT2D eigenvalue weighted by Crippen LogP contribution is 2.45. The molecule has 6 heteroatoms. The largest absolute Gasteiger partial charge is 0.268 e. The van der Waals surface area contributed by atoms with Crippen molar-refractivity contribution in [2.75, 3.05) is 0 Å². The normalized spacial score (nSPS) is 31.6. The van der Waals surface area contributed by atoms with Crippen LogP contribution in [0, 0.1) is 0 Å². The first-order chi connectivity index (χ1) is 7.74. The van der Waals surface area contributed by atoms with E-state index in [9.17, 15) is 17.2 Å². The lowest BCUT2D eigenvalue weighted by Gasteiger charge is -2.30. The van der Waals surface area contributed by atoms with Gasteiger partial charge in [0.2, 0.25) is 9.05 Å². The van der Waals surface area contributed by atoms with Crippen molar-refractivity contribution in [3.63, 3.8) is 0 Å². The number of hydrogen-bond donors (Lipinski definition) is 0. The lowest BCUT2D eigenvalue weighted by molar-refractivity contribution is 0.0347. The summed E-state index contributed by atoms with van der Waals surface area (Å²) in [6, 6.07) is 0. The third-order valence-corrected chi connectivity index (χ3v) is 5.55. The molecule has 0 spiro atoms. The SMILES string of the molecule is O=S(=O)(Cl)C12CC=CC=C(C=CC(F)(F)C1)C2. The highest BCUT2D eigenvalue weighted by Gasteiger charge is 2.50. The van der Waals surface area contributed by atoms with Crippen molar-refractivity contribution in [2.24, 2.45) is 0 Å². The fourth-order valence-electron chi connectivity index (χ4n) is 2.22. The molecule has 94 valence electrons. The molecular formula is C11H11ClF2O2S. The first-order valence-corrected chi connectivity index (χ1v) is 7.42. The second-order valence-corrected chi connectivity index (χ2v) is 7.40. The Morgan fingerprint density at radius 3 is 2.71 bits per heavy atom. The van der Waals surface area contributed by atoms with Gasteiger partial charge in [-0.05, 0) is 24.5 Å². The van der Waals surface area contributed by atoms with E-state index in [0.29, 0.717) is 5.57 Å². The lowest BCUT2D eigenvalue weighted by Crippen LogP contribution is -2.39. The molecule has 0 aromatic heterocycles. The van der Waals surface area contributed by atoms with Gasteiger partial charge in [0, 0.05) is 17.1 Å². The Kier molecular flexibility index (Phi) is 2.94. The Morgan fingerprint density at radius 1 is 1.35 bits per heavy atom. The molecule has 2 nitrogen and oxygen atoms in total. The van der Waals surface area contributed by atoms with E-state index in [0.717, 1.165) is 6.08 Å². The van der Waals surface area contributed by atoms with Gasteiger partial charge in [0.15, 0.2) is 0 Å². The summed E-state index contributed by atoms with van der Waals surface area (Å²) in [6.07, 6.45) is 6.18. The van der Waals surface area contributed by atoms with Gasteiger partial charge >= 0.3 is 0 Å². The van der Waals surface area contributed by atoms with Crippen molar-refractivity contribution < 1.29 is 17.2 Å². The van der Waals surface area contributed by atoms with Gasteiger partial charge in [-0.15, -0.1) is 0 Å². The predicted molar refractivity (Wildman–Crippen MR) is 62.7 cm³/mol. The minimum Gasteiger partial charge on any atom is -0.212 e. The summed E-state index contributed by atoms with van der Waals surface area (Å²) in [7, 11) is 1.31. The van der Waals surface area contributed by atoms with Crippen molar-refractivity contribution in [3.8, 4) is 0 Å². The van der Waals surface area contributed by atoms with Gasteiger partial charge in [-0.3, -0.25) is 0 Å². The van der Waals surface area contributed by atoms with E-state index in [2.05, 4.69) is 0 Å². The summed E-state index contributed by atoms with van der Waals surface area (Å²) in [4.78, 5) is 0. The molecule has 0 saturated heterocycles. The van der Waals surface area contributed by atoms with Crippen LogP contribution in [0.3, 0.4) is 0 Å². The molecule has 0 saturated carbocycles. The van der Waals surface area contributed by atoms with Gasteiger partial charge in [0.05, 0.1) is 0 Å². The molecule has 0 N–H and O–H groups in total. The van der Waals surface area contributed by atoms with Gasteiger partial charge in [0.25, 0.3) is 5.92 Å². The second kappa shape index (κ2) is 3.92. The number of allylic oxidation sites excluding steroid dienone is 6. The predicted octanol–water partition coefficient (Wildman–Crippen LogP) is 3.17. The molecule has 0 fully saturated rings. The fourth-order valence-corrected chi connectivity index (χ4v) is 3.73. The molecule has 2 aliphatic rings. The Bertz CT molecular complexity index is 520. The minimum absolute atomic E-state index is 0.0100. The first-order valence-electron chi connectivity index (χ1n) is 5.11. The van der Waals surface area contributed by atoms with Gasteiger partial charge in [-0.1, -0.05) is 24.3 Å². The van der Waals surface area contributed by atoms with Gasteiger partial charge in [-0.2, -0.15) is 0 Å². The number of rotatable bonds is 1. The lowest BCUT2D eigenvalue weighted by atomic mass is 9.93. The van der Waals surface area contributed by atoms with Crippen LogP contribution in [-0.4, -0.2) is 19.1 Å². The average Bonchev–Trinajstić information content (AvgIpc) is 2.44. The first kappa shape index (κ1) is 12.8. The van der Waals surface area contributed by atoms with E-state index in [-0.39, 0.29) is 12.8 Å². The summed E-state index contributed by atoms with van der Waals surface area (Å²) in [6.45, 7) is 0. The summed E-state index contributed by atoms with van der Waals surface area (Å²) >= 11 is 0. The number of hydrogen-bond acceptors (Lipinski definition) is 2. The zero-order valence-electron chi connectivity index (χ0n) is 8.87. The zero-order valence-corrected chi connectivity index (χ0v) is 10.4. The maximum atomic E-state index is 13.5. The summed E-state index contributed by atoms with van der Waals surface area (Å²) in [5.41, 5.74) is 0.556. The highest BCUT2D eigenvalue weighted by atomic mass is 35.7. The fraction of sp³-hybridized carbons (Fsp3) is 0.455. The van der Waals surface area contributed by atoms with E-state index >= 15 is 0 Å². The van der Waals surface area contributed by atoms with Crippen molar-refractivity contribution in [1.29, 1.82) is 0 Å². The molecule has 0 aromatic carbocycles. The van der Waals surface area contributed by atoms with E-state index in [1.807, 2.05) is 0 Å². The van der Waals surface area contributed by atoms with Crippen LogP contribution in [0.4, 0.5) is 8.78 Å². The molecular weight excluding hydrogens is 270 g/mol. The van der Waals surface area contributed by atoms with Gasteiger partial charge in [-0.25, -0.2) is 17.2 Å². The van der Waals surface area contributed by atoms with Crippen LogP contribution in [0.15, 0.2) is 36.0 Å². The van der Waals surface area contributed by atoms with Crippen LogP contribution in [-0.2, 0) is 9.05 Å². The molecule has 2 bridgehead atoms. The average molecular weight is 281 g/mol. The van der Waals surface area contributed by atoms with Crippen LogP contribution in [0.25, 0.3) is 0 Å². The maximum absolute atomic E-state index is 13.5. The Balaban J connectivity index is 2.58. The summed E-state index contributed by atoms with van der Waals surface area (Å²) in [5.74, 6) is -3.15. The van der Waals surface area contributed by atoms with E-state index in [1.165, 1.54) is 6.08 Å². The quantitative estimate of drug-likeness (QED) is 0.692. The number of fused-ring (bicyclic) bond motifs is 2. The van der Waals surface area contributed by atoms with Crippen molar-refractivity contribution in [2.45, 2.75) is 29.9 Å². The Labute approximate surface area is 103 Å².